The molecule has 10 heteroatoms. The summed E-state index contributed by atoms with van der Waals surface area (Å²) in [5.41, 5.74) is 3.83. The largest absolute Gasteiger partial charge is 0.313 e. The SMILES string of the molecule is CCCCc1nc(C(F)(F)Cc2cccs2)nn1Cc1ccc(-c2ccccc2-c2nnn[nH]2)cc1. The monoisotopic (exact) mass is 505 g/mol. The molecule has 0 aliphatic carbocycles. The van der Waals surface area contributed by atoms with Crippen molar-refractivity contribution in [2.24, 2.45) is 0 Å². The van der Waals surface area contributed by atoms with Crippen molar-refractivity contribution in [2.75, 3.05) is 0 Å². The van der Waals surface area contributed by atoms with E-state index in [-0.39, 0.29) is 0 Å². The van der Waals surface area contributed by atoms with E-state index < -0.39 is 18.2 Å². The number of hydrogen-bond donors (Lipinski definition) is 1. The van der Waals surface area contributed by atoms with Crippen LogP contribution in [-0.2, 0) is 25.3 Å². The highest BCUT2D eigenvalue weighted by Crippen LogP contribution is 2.32. The number of tetrazole rings is 1. The number of nitrogens with one attached hydrogen (secondary N) is 1. The normalized spacial score (nSPS) is 11.8. The lowest BCUT2D eigenvalue weighted by atomic mass is 9.98. The van der Waals surface area contributed by atoms with Crippen molar-refractivity contribution in [3.05, 3.63) is 88.1 Å². The fraction of sp³-hybridized carbons (Fsp3) is 0.269. The molecule has 0 unspecified atom stereocenters. The standard InChI is InChI=1S/C26H25F2N7S/c1-2-3-10-23-29-25(26(27,28)16-20-7-6-15-36-20)32-35(23)17-18-11-13-19(14-12-18)21-8-4-5-9-22(21)24-30-33-34-31-24/h4-9,11-15H,2-3,10,16-17H2,1H3,(H,30,31,33,34). The van der Waals surface area contributed by atoms with Crippen molar-refractivity contribution in [1.29, 1.82) is 0 Å². The number of halogens is 2. The average Bonchev–Trinajstić information content (AvgIpc) is 3.66. The van der Waals surface area contributed by atoms with Crippen LogP contribution >= 0.6 is 11.3 Å². The molecule has 0 saturated carbocycles. The summed E-state index contributed by atoms with van der Waals surface area (Å²) in [6.07, 6.45) is 2.02. The van der Waals surface area contributed by atoms with Crippen LogP contribution in [0.15, 0.2) is 66.0 Å². The molecule has 0 atom stereocenters. The maximum absolute atomic E-state index is 15.0. The van der Waals surface area contributed by atoms with Crippen molar-refractivity contribution < 1.29 is 8.78 Å². The number of nitrogens with zero attached hydrogens (tertiary/aromatic N) is 6. The van der Waals surface area contributed by atoms with Gasteiger partial charge in [0, 0.05) is 16.9 Å². The van der Waals surface area contributed by atoms with E-state index in [1.54, 1.807) is 22.2 Å². The molecule has 3 heterocycles. The van der Waals surface area contributed by atoms with Crippen LogP contribution in [0.3, 0.4) is 0 Å². The summed E-state index contributed by atoms with van der Waals surface area (Å²) in [5, 5.41) is 20.3. The molecule has 1 N–H and O–H groups in total. The van der Waals surface area contributed by atoms with E-state index in [0.29, 0.717) is 29.5 Å². The highest BCUT2D eigenvalue weighted by atomic mass is 32.1. The first-order valence-corrected chi connectivity index (χ1v) is 12.7. The van der Waals surface area contributed by atoms with Gasteiger partial charge < -0.3 is 0 Å². The first-order valence-electron chi connectivity index (χ1n) is 11.8. The molecule has 0 aliphatic rings. The lowest BCUT2D eigenvalue weighted by molar-refractivity contribution is -0.0125. The molecule has 0 saturated heterocycles. The van der Waals surface area contributed by atoms with Gasteiger partial charge >= 0.3 is 5.92 Å². The predicted molar refractivity (Wildman–Crippen MR) is 135 cm³/mol. The molecule has 3 aromatic heterocycles. The number of hydrogen-bond acceptors (Lipinski definition) is 6. The van der Waals surface area contributed by atoms with Gasteiger partial charge in [0.15, 0.2) is 5.82 Å². The van der Waals surface area contributed by atoms with Gasteiger partial charge in [0.2, 0.25) is 5.82 Å². The Morgan fingerprint density at radius 2 is 1.81 bits per heavy atom. The first kappa shape index (κ1) is 23.9. The Hall–Kier alpha value is -3.79. The summed E-state index contributed by atoms with van der Waals surface area (Å²) >= 11 is 1.32. The number of thiophene rings is 1. The number of aromatic nitrogens is 7. The van der Waals surface area contributed by atoms with E-state index in [2.05, 4.69) is 37.6 Å². The van der Waals surface area contributed by atoms with Crippen molar-refractivity contribution in [3.8, 4) is 22.5 Å². The van der Waals surface area contributed by atoms with E-state index >= 15 is 8.78 Å². The van der Waals surface area contributed by atoms with Gasteiger partial charge in [-0.1, -0.05) is 67.9 Å². The predicted octanol–water partition coefficient (Wildman–Crippen LogP) is 5.91. The average molecular weight is 506 g/mol. The Bertz CT molecular complexity index is 1390. The van der Waals surface area contributed by atoms with Gasteiger partial charge in [-0.25, -0.2) is 14.8 Å². The second-order valence-electron chi connectivity index (χ2n) is 8.57. The van der Waals surface area contributed by atoms with Crippen LogP contribution in [0.4, 0.5) is 8.78 Å². The number of benzene rings is 2. The van der Waals surface area contributed by atoms with E-state index in [4.69, 9.17) is 0 Å². The minimum Gasteiger partial charge on any atom is -0.245 e. The van der Waals surface area contributed by atoms with Gasteiger partial charge in [0.25, 0.3) is 0 Å². The van der Waals surface area contributed by atoms with Gasteiger partial charge in [0.1, 0.15) is 5.82 Å². The number of rotatable bonds is 10. The zero-order valence-corrected chi connectivity index (χ0v) is 20.6. The molecule has 5 rings (SSSR count). The zero-order chi connectivity index (χ0) is 25.0. The third kappa shape index (κ3) is 5.23. The summed E-state index contributed by atoms with van der Waals surface area (Å²) in [6, 6.07) is 19.3. The van der Waals surface area contributed by atoms with E-state index in [1.165, 1.54) is 11.3 Å². The number of aromatic amines is 1. The molecular weight excluding hydrogens is 480 g/mol. The van der Waals surface area contributed by atoms with Crippen LogP contribution in [0.2, 0.25) is 0 Å². The summed E-state index contributed by atoms with van der Waals surface area (Å²) in [6.45, 7) is 2.44. The van der Waals surface area contributed by atoms with Crippen LogP contribution in [0.1, 0.15) is 41.9 Å². The first-order chi connectivity index (χ1) is 17.5. The van der Waals surface area contributed by atoms with E-state index in [0.717, 1.165) is 35.1 Å². The second kappa shape index (κ2) is 10.4. The molecule has 36 heavy (non-hydrogen) atoms. The highest BCUT2D eigenvalue weighted by Gasteiger charge is 2.37. The van der Waals surface area contributed by atoms with Crippen LogP contribution in [0.5, 0.6) is 0 Å². The minimum absolute atomic E-state index is 0.370. The molecular formula is C26H25F2N7S. The minimum atomic E-state index is -3.12. The van der Waals surface area contributed by atoms with Gasteiger partial charge in [-0.15, -0.1) is 21.5 Å². The Balaban J connectivity index is 1.39. The van der Waals surface area contributed by atoms with Gasteiger partial charge in [-0.3, -0.25) is 0 Å². The molecule has 0 bridgehead atoms. The summed E-state index contributed by atoms with van der Waals surface area (Å²) in [4.78, 5) is 4.90. The zero-order valence-electron chi connectivity index (χ0n) is 19.7. The molecule has 0 aliphatic heterocycles. The molecule has 0 amide bonds. The molecule has 0 spiro atoms. The molecule has 184 valence electrons. The highest BCUT2D eigenvalue weighted by molar-refractivity contribution is 7.09. The summed E-state index contributed by atoms with van der Waals surface area (Å²) in [7, 11) is 0. The molecule has 2 aromatic carbocycles. The van der Waals surface area contributed by atoms with Crippen LogP contribution in [0, 0.1) is 0 Å². The van der Waals surface area contributed by atoms with Crippen molar-refractivity contribution in [3.63, 3.8) is 0 Å². The van der Waals surface area contributed by atoms with Crippen molar-refractivity contribution in [1.82, 2.24) is 35.4 Å². The van der Waals surface area contributed by atoms with E-state index in [9.17, 15) is 0 Å². The van der Waals surface area contributed by atoms with Crippen LogP contribution < -0.4 is 0 Å². The van der Waals surface area contributed by atoms with Crippen molar-refractivity contribution in [2.45, 2.75) is 45.1 Å². The third-order valence-electron chi connectivity index (χ3n) is 5.93. The molecule has 0 radical (unpaired) electrons. The molecule has 7 nitrogen and oxygen atoms in total. The second-order valence-corrected chi connectivity index (χ2v) is 9.60. The summed E-state index contributed by atoms with van der Waals surface area (Å²) < 4.78 is 31.7. The maximum Gasteiger partial charge on any atom is 0.313 e. The topological polar surface area (TPSA) is 85.2 Å². The number of aryl methyl sites for hydroxylation is 1. The number of alkyl halides is 2. The number of unbranched alkanes of at least 4 members (excludes halogenated alkanes) is 1. The fourth-order valence-electron chi connectivity index (χ4n) is 4.06. The lowest BCUT2D eigenvalue weighted by Gasteiger charge is -2.11. The Kier molecular flexibility index (Phi) is 6.95. The molecule has 5 aromatic rings. The van der Waals surface area contributed by atoms with Crippen LogP contribution in [-0.4, -0.2) is 35.4 Å². The quantitative estimate of drug-likeness (QED) is 0.255. The van der Waals surface area contributed by atoms with Gasteiger partial charge in [0.05, 0.1) is 13.0 Å². The van der Waals surface area contributed by atoms with Gasteiger partial charge in [-0.2, -0.15) is 8.78 Å². The summed E-state index contributed by atoms with van der Waals surface area (Å²) in [5.74, 6) is -2.35. The fourth-order valence-corrected chi connectivity index (χ4v) is 4.82. The Labute approximate surface area is 211 Å². The van der Waals surface area contributed by atoms with Crippen LogP contribution in [0.25, 0.3) is 22.5 Å². The number of H-pyrrole nitrogens is 1. The third-order valence-corrected chi connectivity index (χ3v) is 6.81. The molecule has 0 fully saturated rings. The Morgan fingerprint density at radius 3 is 2.50 bits per heavy atom. The van der Waals surface area contributed by atoms with Gasteiger partial charge in [-0.05, 0) is 45.0 Å². The lowest BCUT2D eigenvalue weighted by Crippen LogP contribution is -2.19. The smallest absolute Gasteiger partial charge is 0.245 e. The maximum atomic E-state index is 15.0. The van der Waals surface area contributed by atoms with Crippen molar-refractivity contribution >= 4 is 11.3 Å². The Morgan fingerprint density at radius 1 is 1.00 bits per heavy atom. The van der Waals surface area contributed by atoms with E-state index in [1.807, 2.05) is 48.5 Å².